The highest BCUT2D eigenvalue weighted by atomic mass is 15.4. The lowest BCUT2D eigenvalue weighted by Gasteiger charge is -2.36. The predicted molar refractivity (Wildman–Crippen MR) is 82.1 cm³/mol. The predicted octanol–water partition coefficient (Wildman–Crippen LogP) is 0.974. The van der Waals surface area contributed by atoms with E-state index < -0.39 is 0 Å². The van der Waals surface area contributed by atoms with E-state index in [1.54, 1.807) is 12.4 Å². The molecule has 1 N–H and O–H groups in total. The van der Waals surface area contributed by atoms with Crippen LogP contribution in [0.4, 0.5) is 5.95 Å². The molecule has 2 rings (SSSR count). The average Bonchev–Trinajstić information content (AvgIpc) is 2.53. The van der Waals surface area contributed by atoms with Crippen LogP contribution in [0.5, 0.6) is 0 Å². The number of aliphatic imine (C=N–C) groups is 1. The average molecular weight is 276 g/mol. The molecule has 6 heteroatoms. The fourth-order valence-electron chi connectivity index (χ4n) is 2.28. The Morgan fingerprint density at radius 1 is 1.25 bits per heavy atom. The third-order valence-electron chi connectivity index (χ3n) is 3.44. The minimum atomic E-state index is 0.820. The summed E-state index contributed by atoms with van der Waals surface area (Å²) >= 11 is 0. The summed E-state index contributed by atoms with van der Waals surface area (Å²) in [6.07, 6.45) is 5.96. The molecule has 0 aliphatic carbocycles. The highest BCUT2D eigenvalue weighted by Crippen LogP contribution is 2.09. The molecule has 1 aromatic heterocycles. The van der Waals surface area contributed by atoms with E-state index in [0.29, 0.717) is 0 Å². The molecular weight excluding hydrogens is 252 g/mol. The van der Waals surface area contributed by atoms with E-state index in [2.05, 4.69) is 37.0 Å². The van der Waals surface area contributed by atoms with Crippen LogP contribution in [0.15, 0.2) is 23.5 Å². The van der Waals surface area contributed by atoms with Gasteiger partial charge in [-0.25, -0.2) is 9.97 Å². The molecule has 110 valence electrons. The molecule has 1 saturated heterocycles. The van der Waals surface area contributed by atoms with Crippen molar-refractivity contribution in [3.8, 4) is 0 Å². The van der Waals surface area contributed by atoms with Gasteiger partial charge in [0.1, 0.15) is 0 Å². The first-order valence-corrected chi connectivity index (χ1v) is 7.32. The van der Waals surface area contributed by atoms with Crippen LogP contribution >= 0.6 is 0 Å². The first-order valence-electron chi connectivity index (χ1n) is 7.32. The Kier molecular flexibility index (Phi) is 5.58. The number of hydrogen-bond donors (Lipinski definition) is 1. The van der Waals surface area contributed by atoms with Crippen molar-refractivity contribution in [2.75, 3.05) is 44.7 Å². The summed E-state index contributed by atoms with van der Waals surface area (Å²) in [6, 6.07) is 1.85. The van der Waals surface area contributed by atoms with Gasteiger partial charge in [0.05, 0.1) is 0 Å². The Balaban J connectivity index is 1.84. The molecule has 0 bridgehead atoms. The van der Waals surface area contributed by atoms with Crippen LogP contribution in [-0.4, -0.2) is 60.6 Å². The van der Waals surface area contributed by atoms with E-state index in [1.807, 2.05) is 13.1 Å². The fraction of sp³-hybridized carbons (Fsp3) is 0.643. The Labute approximate surface area is 120 Å². The molecular formula is C14H24N6. The Bertz CT molecular complexity index is 411. The lowest BCUT2D eigenvalue weighted by Crippen LogP contribution is -2.53. The van der Waals surface area contributed by atoms with Gasteiger partial charge in [-0.3, -0.25) is 4.99 Å². The molecule has 1 aliphatic rings. The first-order chi connectivity index (χ1) is 9.85. The van der Waals surface area contributed by atoms with E-state index in [-0.39, 0.29) is 0 Å². The summed E-state index contributed by atoms with van der Waals surface area (Å²) in [5.41, 5.74) is 0. The molecule has 0 saturated carbocycles. The number of aromatic nitrogens is 2. The number of guanidine groups is 1. The molecule has 20 heavy (non-hydrogen) atoms. The molecule has 0 radical (unpaired) electrons. The second kappa shape index (κ2) is 7.67. The van der Waals surface area contributed by atoms with E-state index in [4.69, 9.17) is 0 Å². The molecule has 0 atom stereocenters. The smallest absolute Gasteiger partial charge is 0.225 e. The lowest BCUT2D eigenvalue weighted by molar-refractivity contribution is 0.370. The number of anilines is 1. The zero-order chi connectivity index (χ0) is 14.2. The molecule has 0 amide bonds. The second-order valence-electron chi connectivity index (χ2n) is 4.85. The second-order valence-corrected chi connectivity index (χ2v) is 4.85. The highest BCUT2D eigenvalue weighted by Gasteiger charge is 2.20. The lowest BCUT2D eigenvalue weighted by atomic mass is 10.3. The van der Waals surface area contributed by atoms with Crippen LogP contribution in [0.1, 0.15) is 19.8 Å². The van der Waals surface area contributed by atoms with E-state index >= 15 is 0 Å². The monoisotopic (exact) mass is 276 g/mol. The van der Waals surface area contributed by atoms with Crippen molar-refractivity contribution >= 4 is 11.9 Å². The maximum atomic E-state index is 4.36. The van der Waals surface area contributed by atoms with Crippen LogP contribution in [0.2, 0.25) is 0 Å². The van der Waals surface area contributed by atoms with Crippen molar-refractivity contribution < 1.29 is 0 Å². The maximum absolute atomic E-state index is 4.36. The van der Waals surface area contributed by atoms with Gasteiger partial charge in [0.25, 0.3) is 0 Å². The largest absolute Gasteiger partial charge is 0.356 e. The third-order valence-corrected chi connectivity index (χ3v) is 3.44. The Morgan fingerprint density at radius 2 is 1.95 bits per heavy atom. The molecule has 1 aliphatic heterocycles. The molecule has 0 unspecified atom stereocenters. The third kappa shape index (κ3) is 3.82. The van der Waals surface area contributed by atoms with Crippen molar-refractivity contribution in [1.82, 2.24) is 20.2 Å². The topological polar surface area (TPSA) is 56.7 Å². The van der Waals surface area contributed by atoms with Gasteiger partial charge in [-0.2, -0.15) is 0 Å². The molecule has 1 aromatic rings. The summed E-state index contributed by atoms with van der Waals surface area (Å²) < 4.78 is 0. The number of nitrogens with one attached hydrogen (secondary N) is 1. The number of unbranched alkanes of at least 4 members (excludes halogenated alkanes) is 1. The van der Waals surface area contributed by atoms with Gasteiger partial charge in [0.2, 0.25) is 5.95 Å². The normalized spacial score (nSPS) is 16.4. The van der Waals surface area contributed by atoms with Crippen molar-refractivity contribution in [2.24, 2.45) is 4.99 Å². The van der Waals surface area contributed by atoms with Gasteiger partial charge in [0.15, 0.2) is 5.96 Å². The van der Waals surface area contributed by atoms with E-state index in [0.717, 1.165) is 44.6 Å². The van der Waals surface area contributed by atoms with Crippen LogP contribution in [-0.2, 0) is 0 Å². The van der Waals surface area contributed by atoms with Gasteiger partial charge in [0, 0.05) is 52.2 Å². The number of hydrogen-bond acceptors (Lipinski definition) is 4. The maximum Gasteiger partial charge on any atom is 0.225 e. The van der Waals surface area contributed by atoms with Crippen LogP contribution < -0.4 is 10.2 Å². The number of nitrogens with zero attached hydrogens (tertiary/aromatic N) is 5. The zero-order valence-electron chi connectivity index (χ0n) is 12.4. The van der Waals surface area contributed by atoms with Crippen LogP contribution in [0.3, 0.4) is 0 Å². The standard InChI is InChI=1S/C14H24N6/c1-3-4-6-16-13(15-2)19-9-11-20(12-10-19)14-17-7-5-8-18-14/h5,7-8H,3-4,6,9-12H2,1-2H3,(H,15,16). The molecule has 1 fully saturated rings. The van der Waals surface area contributed by atoms with E-state index in [1.165, 1.54) is 12.8 Å². The SMILES string of the molecule is CCCCNC(=NC)N1CCN(c2ncccn2)CC1. The van der Waals surface area contributed by atoms with Gasteiger partial charge in [-0.15, -0.1) is 0 Å². The van der Waals surface area contributed by atoms with Gasteiger partial charge in [-0.05, 0) is 12.5 Å². The highest BCUT2D eigenvalue weighted by molar-refractivity contribution is 5.80. The van der Waals surface area contributed by atoms with Gasteiger partial charge >= 0.3 is 0 Å². The van der Waals surface area contributed by atoms with Crippen molar-refractivity contribution in [3.05, 3.63) is 18.5 Å². The van der Waals surface area contributed by atoms with Crippen molar-refractivity contribution in [1.29, 1.82) is 0 Å². The molecule has 0 aromatic carbocycles. The minimum Gasteiger partial charge on any atom is -0.356 e. The first kappa shape index (κ1) is 14.6. The molecule has 0 spiro atoms. The summed E-state index contributed by atoms with van der Waals surface area (Å²) in [5.74, 6) is 1.83. The Hall–Kier alpha value is -1.85. The van der Waals surface area contributed by atoms with Crippen molar-refractivity contribution in [3.63, 3.8) is 0 Å². The minimum absolute atomic E-state index is 0.820. The van der Waals surface area contributed by atoms with E-state index in [9.17, 15) is 0 Å². The quantitative estimate of drug-likeness (QED) is 0.504. The van der Waals surface area contributed by atoms with Gasteiger partial charge in [-0.1, -0.05) is 13.3 Å². The fourth-order valence-corrected chi connectivity index (χ4v) is 2.28. The summed E-state index contributed by atoms with van der Waals surface area (Å²) in [6.45, 7) is 6.94. The molecule has 2 heterocycles. The summed E-state index contributed by atoms with van der Waals surface area (Å²) in [7, 11) is 1.85. The number of piperazine rings is 1. The summed E-state index contributed by atoms with van der Waals surface area (Å²) in [4.78, 5) is 17.5. The molecule has 6 nitrogen and oxygen atoms in total. The van der Waals surface area contributed by atoms with Crippen LogP contribution in [0, 0.1) is 0 Å². The van der Waals surface area contributed by atoms with Crippen LogP contribution in [0.25, 0.3) is 0 Å². The summed E-state index contributed by atoms with van der Waals surface area (Å²) in [5, 5.41) is 3.42. The zero-order valence-corrected chi connectivity index (χ0v) is 12.4. The Morgan fingerprint density at radius 3 is 2.55 bits per heavy atom. The number of rotatable bonds is 4. The van der Waals surface area contributed by atoms with Gasteiger partial charge < -0.3 is 15.1 Å². The van der Waals surface area contributed by atoms with Crippen molar-refractivity contribution in [2.45, 2.75) is 19.8 Å².